The largest absolute Gasteiger partial charge is 0.370 e. The molecule has 8 nitrogen and oxygen atoms in total. The maximum atomic E-state index is 13.8. The molecule has 1 aliphatic heterocycles. The number of nitrogens with zero attached hydrogens (tertiary/aromatic N) is 1. The van der Waals surface area contributed by atoms with E-state index in [1.54, 1.807) is 12.1 Å². The summed E-state index contributed by atoms with van der Waals surface area (Å²) in [5.41, 5.74) is -0.0932. The van der Waals surface area contributed by atoms with Crippen molar-refractivity contribution in [2.45, 2.75) is 25.3 Å². The molecule has 1 atom stereocenters. The number of rotatable bonds is 10. The Kier molecular flexibility index (Phi) is 8.32. The van der Waals surface area contributed by atoms with Gasteiger partial charge in [0.1, 0.15) is 12.6 Å². The van der Waals surface area contributed by atoms with Crippen LogP contribution in [-0.4, -0.2) is 56.6 Å². The monoisotopic (exact) mass is 526 g/mol. The number of carbonyl (C=O) groups is 3. The number of benzene rings is 1. The second-order valence-corrected chi connectivity index (χ2v) is 10.1. The van der Waals surface area contributed by atoms with Crippen molar-refractivity contribution in [2.75, 3.05) is 43.1 Å². The first-order valence-corrected chi connectivity index (χ1v) is 12.4. The predicted molar refractivity (Wildman–Crippen MR) is 129 cm³/mol. The van der Waals surface area contributed by atoms with E-state index in [-0.39, 0.29) is 49.1 Å². The van der Waals surface area contributed by atoms with E-state index in [0.717, 1.165) is 24.2 Å². The van der Waals surface area contributed by atoms with E-state index in [9.17, 15) is 23.2 Å². The van der Waals surface area contributed by atoms with Crippen molar-refractivity contribution >= 4 is 52.0 Å². The summed E-state index contributed by atoms with van der Waals surface area (Å²) in [5, 5.41) is 8.54. The van der Waals surface area contributed by atoms with E-state index in [1.165, 1.54) is 23.1 Å². The SMILES string of the molecule is O=C(NC[C@@H](NCC1CC1)C(=O)Nc1ccc(N2CCOCC2=O)c(C(F)F)c1)c1ccc(Cl)s1. The highest BCUT2D eigenvalue weighted by Gasteiger charge is 2.28. The standard InChI is InChI=1S/C23H25ClF2N4O4S/c24-19-6-5-18(35-19)23(33)28-11-16(27-10-13-1-2-13)22(32)29-14-3-4-17(15(9-14)21(25)26)30-7-8-34-12-20(30)31/h3-6,9,13,16,21,27H,1-2,7-8,10-12H2,(H,28,33)(H,29,32)/t16-/m1/s1. The van der Waals surface area contributed by atoms with Crippen LogP contribution in [-0.2, 0) is 14.3 Å². The summed E-state index contributed by atoms with van der Waals surface area (Å²) < 4.78 is 33.2. The molecule has 12 heteroatoms. The lowest BCUT2D eigenvalue weighted by atomic mass is 10.1. The van der Waals surface area contributed by atoms with Crippen LogP contribution in [0.2, 0.25) is 4.34 Å². The first kappa shape index (κ1) is 25.5. The fourth-order valence-corrected chi connectivity index (χ4v) is 4.62. The number of amides is 3. The third-order valence-corrected chi connectivity index (χ3v) is 6.97. The normalized spacial score (nSPS) is 16.9. The second-order valence-electron chi connectivity index (χ2n) is 8.38. The van der Waals surface area contributed by atoms with E-state index in [2.05, 4.69) is 16.0 Å². The molecule has 188 valence electrons. The number of alkyl halides is 2. The summed E-state index contributed by atoms with van der Waals surface area (Å²) >= 11 is 7.01. The highest BCUT2D eigenvalue weighted by atomic mass is 35.5. The lowest BCUT2D eigenvalue weighted by Gasteiger charge is -2.29. The number of hydrogen-bond donors (Lipinski definition) is 3. The number of ether oxygens (including phenoxy) is 1. The summed E-state index contributed by atoms with van der Waals surface area (Å²) in [6.45, 7) is 0.879. The summed E-state index contributed by atoms with van der Waals surface area (Å²) in [7, 11) is 0. The molecule has 1 saturated carbocycles. The van der Waals surface area contributed by atoms with E-state index in [4.69, 9.17) is 16.3 Å². The van der Waals surface area contributed by atoms with Crippen molar-refractivity contribution in [3.8, 4) is 0 Å². The lowest BCUT2D eigenvalue weighted by molar-refractivity contribution is -0.125. The average Bonchev–Trinajstić information content (AvgIpc) is 3.56. The number of anilines is 2. The molecule has 2 fully saturated rings. The van der Waals surface area contributed by atoms with Crippen molar-refractivity contribution in [2.24, 2.45) is 5.92 Å². The van der Waals surface area contributed by atoms with Crippen molar-refractivity contribution in [1.29, 1.82) is 0 Å². The summed E-state index contributed by atoms with van der Waals surface area (Å²) in [6.07, 6.45) is -0.708. The quantitative estimate of drug-likeness (QED) is 0.440. The highest BCUT2D eigenvalue weighted by molar-refractivity contribution is 7.18. The van der Waals surface area contributed by atoms with Crippen LogP contribution in [0.25, 0.3) is 0 Å². The molecule has 4 rings (SSSR count). The number of halogens is 3. The molecule has 2 heterocycles. The molecule has 3 amide bonds. The first-order valence-electron chi connectivity index (χ1n) is 11.2. The number of morpholine rings is 1. The van der Waals surface area contributed by atoms with Crippen molar-refractivity contribution in [3.05, 3.63) is 45.1 Å². The molecule has 0 unspecified atom stereocenters. The minimum Gasteiger partial charge on any atom is -0.370 e. The van der Waals surface area contributed by atoms with Crippen LogP contribution in [0.5, 0.6) is 0 Å². The molecule has 0 bridgehead atoms. The molecule has 3 N–H and O–H groups in total. The average molecular weight is 527 g/mol. The Bertz CT molecular complexity index is 1100. The zero-order valence-electron chi connectivity index (χ0n) is 18.7. The summed E-state index contributed by atoms with van der Waals surface area (Å²) in [5.74, 6) is -0.743. The van der Waals surface area contributed by atoms with Crippen LogP contribution in [0, 0.1) is 5.92 Å². The van der Waals surface area contributed by atoms with Gasteiger partial charge in [-0.2, -0.15) is 0 Å². The third-order valence-electron chi connectivity index (χ3n) is 5.74. The van der Waals surface area contributed by atoms with E-state index in [0.29, 0.717) is 21.7 Å². The Morgan fingerprint density at radius 3 is 2.69 bits per heavy atom. The Morgan fingerprint density at radius 1 is 1.23 bits per heavy atom. The fraction of sp³-hybridized carbons (Fsp3) is 0.435. The van der Waals surface area contributed by atoms with E-state index < -0.39 is 24.3 Å². The Morgan fingerprint density at radius 2 is 2.03 bits per heavy atom. The van der Waals surface area contributed by atoms with Crippen LogP contribution < -0.4 is 20.9 Å². The molecule has 1 aliphatic carbocycles. The van der Waals surface area contributed by atoms with E-state index >= 15 is 0 Å². The molecule has 35 heavy (non-hydrogen) atoms. The third kappa shape index (κ3) is 6.75. The Hall–Kier alpha value is -2.60. The molecule has 1 aromatic carbocycles. The zero-order chi connectivity index (χ0) is 24.9. The minimum atomic E-state index is -2.85. The van der Waals surface area contributed by atoms with E-state index in [1.807, 2.05) is 0 Å². The topological polar surface area (TPSA) is 99.8 Å². The summed E-state index contributed by atoms with van der Waals surface area (Å²) in [6, 6.07) is 6.49. The maximum Gasteiger partial charge on any atom is 0.265 e. The van der Waals surface area contributed by atoms with Crippen LogP contribution in [0.4, 0.5) is 20.2 Å². The van der Waals surface area contributed by atoms with Crippen LogP contribution in [0.3, 0.4) is 0 Å². The second kappa shape index (κ2) is 11.4. The molecular formula is C23H25ClF2N4O4S. The molecule has 0 spiro atoms. The van der Waals surface area contributed by atoms with Crippen LogP contribution in [0.1, 0.15) is 34.5 Å². The molecule has 2 aromatic rings. The molecule has 1 aromatic heterocycles. The lowest BCUT2D eigenvalue weighted by Crippen LogP contribution is -2.49. The van der Waals surface area contributed by atoms with Gasteiger partial charge >= 0.3 is 0 Å². The first-order chi connectivity index (χ1) is 16.8. The predicted octanol–water partition coefficient (Wildman–Crippen LogP) is 3.44. The zero-order valence-corrected chi connectivity index (χ0v) is 20.3. The van der Waals surface area contributed by atoms with Gasteiger partial charge in [-0.1, -0.05) is 11.6 Å². The number of carbonyl (C=O) groups excluding carboxylic acids is 3. The molecule has 0 radical (unpaired) electrons. The Balaban J connectivity index is 1.45. The molecular weight excluding hydrogens is 502 g/mol. The van der Waals surface area contributed by atoms with Gasteiger partial charge in [-0.3, -0.25) is 14.4 Å². The fourth-order valence-electron chi connectivity index (χ4n) is 3.66. The van der Waals surface area contributed by atoms with Gasteiger partial charge in [-0.05, 0) is 55.6 Å². The van der Waals surface area contributed by atoms with Crippen LogP contribution in [0.15, 0.2) is 30.3 Å². The van der Waals surface area contributed by atoms with Gasteiger partial charge in [0.15, 0.2) is 0 Å². The number of hydrogen-bond acceptors (Lipinski definition) is 6. The van der Waals surface area contributed by atoms with Crippen LogP contribution >= 0.6 is 22.9 Å². The van der Waals surface area contributed by atoms with Gasteiger partial charge in [0.25, 0.3) is 18.2 Å². The van der Waals surface area contributed by atoms with Gasteiger partial charge in [0.05, 0.1) is 21.5 Å². The van der Waals surface area contributed by atoms with Gasteiger partial charge in [0.2, 0.25) is 5.91 Å². The van der Waals surface area contributed by atoms with Crippen molar-refractivity contribution < 1.29 is 27.9 Å². The number of thiophene rings is 1. The Labute approximate surface area is 210 Å². The smallest absolute Gasteiger partial charge is 0.265 e. The van der Waals surface area contributed by atoms with Gasteiger partial charge < -0.3 is 25.6 Å². The maximum absolute atomic E-state index is 13.8. The summed E-state index contributed by atoms with van der Waals surface area (Å²) in [4.78, 5) is 39.2. The van der Waals surface area contributed by atoms with Crippen molar-refractivity contribution in [3.63, 3.8) is 0 Å². The van der Waals surface area contributed by atoms with Gasteiger partial charge in [0, 0.05) is 24.3 Å². The molecule has 2 aliphatic rings. The van der Waals surface area contributed by atoms with Gasteiger partial charge in [-0.25, -0.2) is 8.78 Å². The highest BCUT2D eigenvalue weighted by Crippen LogP contribution is 2.33. The number of nitrogens with one attached hydrogen (secondary N) is 3. The van der Waals surface area contributed by atoms with Gasteiger partial charge in [-0.15, -0.1) is 11.3 Å². The molecule has 1 saturated heterocycles. The minimum absolute atomic E-state index is 0.00890. The van der Waals surface area contributed by atoms with Crippen molar-refractivity contribution in [1.82, 2.24) is 10.6 Å².